The van der Waals surface area contributed by atoms with Crippen LogP contribution in [0.3, 0.4) is 0 Å². The van der Waals surface area contributed by atoms with E-state index in [0.29, 0.717) is 15.8 Å². The first kappa shape index (κ1) is 47.4. The molecule has 12 heteroatoms. The van der Waals surface area contributed by atoms with Gasteiger partial charge in [0.2, 0.25) is 0 Å². The Morgan fingerprint density at radius 1 is 0.324 bits per heavy atom. The summed E-state index contributed by atoms with van der Waals surface area (Å²) in [4.78, 5) is 16.6. The van der Waals surface area contributed by atoms with Crippen LogP contribution >= 0.6 is 57.2 Å². The van der Waals surface area contributed by atoms with Gasteiger partial charge >= 0.3 is 7.12 Å². The largest absolute Gasteiger partial charge is 0.488 e. The van der Waals surface area contributed by atoms with E-state index in [2.05, 4.69) is 192 Å². The fraction of sp³-hybridized carbons (Fsp3) is 0. The Labute approximate surface area is 448 Å². The molecular weight excluding hydrogens is 1010 g/mol. The van der Waals surface area contributed by atoms with Crippen molar-refractivity contribution < 1.29 is 10.0 Å². The lowest BCUT2D eigenvalue weighted by Crippen LogP contribution is -2.29. The Balaban J connectivity index is 0.000000153. The van der Waals surface area contributed by atoms with Crippen LogP contribution in [0, 0.1) is 0 Å². The van der Waals surface area contributed by atoms with E-state index in [1.165, 1.54) is 95.2 Å². The quantitative estimate of drug-likeness (QED) is 0.127. The third-order valence-corrected chi connectivity index (χ3v) is 17.0. The van der Waals surface area contributed by atoms with E-state index in [1.807, 2.05) is 40.9 Å². The molecule has 6 nitrogen and oxygen atoms in total. The topological polar surface area (TPSA) is 92.0 Å². The van der Waals surface area contributed by atoms with Crippen LogP contribution in [0.25, 0.3) is 116 Å². The minimum absolute atomic E-state index is 0.366. The van der Waals surface area contributed by atoms with Crippen LogP contribution in [-0.2, 0) is 0 Å². The summed E-state index contributed by atoms with van der Waals surface area (Å²) < 4.78 is 7.77. The number of rotatable bonds is 6. The number of fused-ring (bicyclic) bond motifs is 9. The van der Waals surface area contributed by atoms with Crippen molar-refractivity contribution in [2.24, 2.45) is 0 Å². The molecule has 74 heavy (non-hydrogen) atoms. The summed E-state index contributed by atoms with van der Waals surface area (Å²) in [6.07, 6.45) is 2.99. The zero-order chi connectivity index (χ0) is 50.1. The molecule has 0 saturated heterocycles. The zero-order valence-electron chi connectivity index (χ0n) is 39.1. The van der Waals surface area contributed by atoms with E-state index in [9.17, 15) is 10.0 Å². The van der Waals surface area contributed by atoms with E-state index in [0.717, 1.165) is 33.6 Å². The summed E-state index contributed by atoms with van der Waals surface area (Å²) in [5.41, 5.74) is 11.5. The molecule has 5 aromatic heterocycles. The molecule has 9 aromatic carbocycles. The Morgan fingerprint density at radius 2 is 0.676 bits per heavy atom. The molecule has 14 rings (SSSR count). The van der Waals surface area contributed by atoms with Crippen molar-refractivity contribution in [1.82, 2.24) is 19.9 Å². The van der Waals surface area contributed by atoms with E-state index in [-0.39, 0.29) is 0 Å². The molecule has 0 radical (unpaired) electrons. The van der Waals surface area contributed by atoms with Crippen LogP contribution in [-0.4, -0.2) is 37.1 Å². The number of benzene rings is 9. The minimum Gasteiger partial charge on any atom is -0.423 e. The first-order valence-corrected chi connectivity index (χ1v) is 26.9. The van der Waals surface area contributed by atoms with Crippen molar-refractivity contribution in [3.63, 3.8) is 0 Å². The van der Waals surface area contributed by atoms with Crippen molar-refractivity contribution in [2.75, 3.05) is 0 Å². The maximum Gasteiger partial charge on any atom is 0.488 e. The highest BCUT2D eigenvalue weighted by atomic mass is 35.5. The van der Waals surface area contributed by atoms with Crippen LogP contribution in [0.2, 0.25) is 10.3 Å². The van der Waals surface area contributed by atoms with Gasteiger partial charge in [0.05, 0.1) is 11.4 Å². The molecule has 0 aliphatic heterocycles. The molecule has 0 fully saturated rings. The Morgan fingerprint density at radius 3 is 1.08 bits per heavy atom. The lowest BCUT2D eigenvalue weighted by molar-refractivity contribution is 0.426. The average molecular weight is 1050 g/mol. The highest BCUT2D eigenvalue weighted by Gasteiger charge is 2.16. The first-order chi connectivity index (χ1) is 36.3. The normalized spacial score (nSPS) is 11.2. The van der Waals surface area contributed by atoms with Gasteiger partial charge in [-0.2, -0.15) is 0 Å². The second-order valence-electron chi connectivity index (χ2n) is 17.5. The van der Waals surface area contributed by atoms with Gasteiger partial charge in [-0.05, 0) is 75.2 Å². The van der Waals surface area contributed by atoms with Crippen molar-refractivity contribution in [1.29, 1.82) is 0 Å². The fourth-order valence-corrected chi connectivity index (χ4v) is 13.5. The van der Waals surface area contributed by atoms with E-state index >= 15 is 0 Å². The zero-order valence-corrected chi connectivity index (χ0v) is 43.1. The van der Waals surface area contributed by atoms with Crippen molar-refractivity contribution in [2.45, 2.75) is 0 Å². The molecule has 0 spiro atoms. The molecule has 2 N–H and O–H groups in total. The number of hydrogen-bond donors (Lipinski definition) is 2. The van der Waals surface area contributed by atoms with Gasteiger partial charge in [-0.25, -0.2) is 19.9 Å². The summed E-state index contributed by atoms with van der Waals surface area (Å²) in [7, 11) is -1.44. The summed E-state index contributed by atoms with van der Waals surface area (Å²) in [5, 5.41) is 27.3. The van der Waals surface area contributed by atoms with E-state index in [4.69, 9.17) is 33.2 Å². The number of aromatic nitrogens is 4. The summed E-state index contributed by atoms with van der Waals surface area (Å²) in [6, 6.07) is 73.7. The molecule has 354 valence electrons. The lowest BCUT2D eigenvalue weighted by atomic mass is 9.79. The Bertz CT molecular complexity index is 4190. The maximum absolute atomic E-state index is 9.38. The molecule has 5 heterocycles. The van der Waals surface area contributed by atoms with Gasteiger partial charge in [0, 0.05) is 77.7 Å². The van der Waals surface area contributed by atoms with Gasteiger partial charge < -0.3 is 10.0 Å². The molecule has 14 aromatic rings. The van der Waals surface area contributed by atoms with Crippen LogP contribution in [0.15, 0.2) is 225 Å². The minimum atomic E-state index is -1.44. The predicted molar refractivity (Wildman–Crippen MR) is 316 cm³/mol. The fourth-order valence-electron chi connectivity index (χ4n) is 9.47. The maximum atomic E-state index is 9.38. The Hall–Kier alpha value is -7.64. The second kappa shape index (κ2) is 20.7. The monoisotopic (exact) mass is 1050 g/mol. The molecule has 0 atom stereocenters. The summed E-state index contributed by atoms with van der Waals surface area (Å²) in [5.74, 6) is 0. The lowest BCUT2D eigenvalue weighted by Gasteiger charge is -2.09. The van der Waals surface area contributed by atoms with Crippen molar-refractivity contribution >= 4 is 130 Å². The van der Waals surface area contributed by atoms with Gasteiger partial charge in [-0.15, -0.1) is 34.0 Å². The van der Waals surface area contributed by atoms with Gasteiger partial charge in [0.15, 0.2) is 0 Å². The average Bonchev–Trinajstić information content (AvgIpc) is 4.15. The third kappa shape index (κ3) is 9.45. The highest BCUT2D eigenvalue weighted by molar-refractivity contribution is 7.27. The van der Waals surface area contributed by atoms with Gasteiger partial charge in [-0.1, -0.05) is 193 Å². The van der Waals surface area contributed by atoms with Gasteiger partial charge in [0.1, 0.15) is 23.0 Å². The summed E-state index contributed by atoms with van der Waals surface area (Å²) >= 11 is 16.3. The van der Waals surface area contributed by atoms with Crippen molar-refractivity contribution in [3.8, 4) is 55.9 Å². The van der Waals surface area contributed by atoms with Crippen molar-refractivity contribution in [3.05, 3.63) is 235 Å². The van der Waals surface area contributed by atoms with Crippen LogP contribution in [0.4, 0.5) is 0 Å². The molecule has 0 aliphatic carbocycles. The number of halogens is 2. The van der Waals surface area contributed by atoms with Crippen LogP contribution in [0.1, 0.15) is 0 Å². The van der Waals surface area contributed by atoms with Gasteiger partial charge in [-0.3, -0.25) is 0 Å². The molecule has 0 unspecified atom stereocenters. The predicted octanol–water partition coefficient (Wildman–Crippen LogP) is 17.1. The number of hydrogen-bond acceptors (Lipinski definition) is 9. The third-order valence-electron chi connectivity index (χ3n) is 12.9. The van der Waals surface area contributed by atoms with E-state index < -0.39 is 7.12 Å². The molecule has 0 saturated carbocycles. The van der Waals surface area contributed by atoms with Gasteiger partial charge in [0.25, 0.3) is 0 Å². The molecular formula is C62H39BCl2N4O2S3. The first-order valence-electron chi connectivity index (χ1n) is 23.7. The van der Waals surface area contributed by atoms with Crippen LogP contribution < -0.4 is 5.46 Å². The highest BCUT2D eigenvalue weighted by Crippen LogP contribution is 2.43. The smallest absolute Gasteiger partial charge is 0.423 e. The second-order valence-corrected chi connectivity index (χ2v) is 21.4. The molecule has 0 amide bonds. The Kier molecular flexibility index (Phi) is 13.3. The van der Waals surface area contributed by atoms with E-state index in [1.54, 1.807) is 23.7 Å². The standard InChI is InChI=1S/C40H24N2S2.C18H13BO2S.C4H2Cl2N2/c1-3-19-37-31(13-1)33-17-7-15-29(39(33)43-37)25-9-5-11-27(21-25)35-23-36(42-24-41-35)28-12-6-10-26(22-28)30-16-8-18-34-32-14-2-4-20-38(32)44-40(30)34;20-19(21)13-6-3-5-12(11-13)14-8-4-9-16-15-7-1-2-10-17(15)22-18(14)16;5-3-1-4(6)8-2-7-3/h1-24H;1-11,20-21H;1-2H. The number of thiophene rings is 3. The molecule has 0 aliphatic rings. The SMILES string of the molecule is Clc1cc(Cl)ncn1.OB(O)c1cccc(-c2cccc3c2sc2ccccc23)c1.c1cc(-c2cc(-c3cccc(-c4cccc5c4sc4ccccc45)c3)ncn2)cc(-c2cccc3c2sc2ccccc23)c1. The number of nitrogens with zero attached hydrogens (tertiary/aromatic N) is 4. The van der Waals surface area contributed by atoms with Crippen LogP contribution in [0.5, 0.6) is 0 Å². The molecule has 0 bridgehead atoms. The summed E-state index contributed by atoms with van der Waals surface area (Å²) in [6.45, 7) is 0.